The van der Waals surface area contributed by atoms with Crippen LogP contribution < -0.4 is 0 Å². The SMILES string of the molecule is CC(C)Cn1nc(C(F)(F)F)c2c1C(F)(F)[C@@H](C)C2. The Bertz CT molecular complexity index is 487. The molecule has 0 saturated carbocycles. The van der Waals surface area contributed by atoms with Crippen molar-refractivity contribution in [1.82, 2.24) is 9.78 Å². The fraction of sp³-hybridized carbons (Fsp3) is 0.750. The Morgan fingerprint density at radius 2 is 1.95 bits per heavy atom. The molecular formula is C12H15F5N2. The van der Waals surface area contributed by atoms with Gasteiger partial charge < -0.3 is 0 Å². The van der Waals surface area contributed by atoms with Crippen LogP contribution in [-0.4, -0.2) is 9.78 Å². The van der Waals surface area contributed by atoms with Gasteiger partial charge in [0, 0.05) is 18.0 Å². The van der Waals surface area contributed by atoms with Gasteiger partial charge in [-0.25, -0.2) is 0 Å². The van der Waals surface area contributed by atoms with E-state index in [1.807, 2.05) is 0 Å². The smallest absolute Gasteiger partial charge is 0.262 e. The van der Waals surface area contributed by atoms with Crippen molar-refractivity contribution in [2.24, 2.45) is 11.8 Å². The van der Waals surface area contributed by atoms with Crippen LogP contribution in [0.25, 0.3) is 0 Å². The first kappa shape index (κ1) is 14.3. The highest BCUT2D eigenvalue weighted by molar-refractivity contribution is 5.37. The van der Waals surface area contributed by atoms with Crippen LogP contribution in [0.2, 0.25) is 0 Å². The van der Waals surface area contributed by atoms with Crippen molar-refractivity contribution in [1.29, 1.82) is 0 Å². The number of halogens is 5. The minimum atomic E-state index is -4.69. The number of hydrogen-bond donors (Lipinski definition) is 0. The van der Waals surface area contributed by atoms with E-state index in [0.29, 0.717) is 0 Å². The summed E-state index contributed by atoms with van der Waals surface area (Å²) in [6.45, 7) is 4.82. The van der Waals surface area contributed by atoms with E-state index in [1.165, 1.54) is 6.92 Å². The van der Waals surface area contributed by atoms with Gasteiger partial charge in [0.25, 0.3) is 5.92 Å². The van der Waals surface area contributed by atoms with Crippen LogP contribution in [-0.2, 0) is 25.1 Å². The van der Waals surface area contributed by atoms with Gasteiger partial charge >= 0.3 is 6.18 Å². The summed E-state index contributed by atoms with van der Waals surface area (Å²) in [6, 6.07) is 0. The van der Waals surface area contributed by atoms with E-state index in [0.717, 1.165) is 4.68 Å². The summed E-state index contributed by atoms with van der Waals surface area (Å²) in [6.07, 6.45) is -4.97. The van der Waals surface area contributed by atoms with Crippen molar-refractivity contribution in [2.75, 3.05) is 0 Å². The molecule has 1 aliphatic carbocycles. The molecule has 1 aromatic heterocycles. The lowest BCUT2D eigenvalue weighted by Gasteiger charge is -2.18. The molecule has 0 spiro atoms. The van der Waals surface area contributed by atoms with Crippen LogP contribution in [0.15, 0.2) is 0 Å². The maximum absolute atomic E-state index is 14.0. The number of hydrogen-bond acceptors (Lipinski definition) is 1. The molecule has 0 N–H and O–H groups in total. The van der Waals surface area contributed by atoms with E-state index in [9.17, 15) is 22.0 Å². The van der Waals surface area contributed by atoms with Crippen LogP contribution >= 0.6 is 0 Å². The molecule has 1 aliphatic rings. The number of aromatic nitrogens is 2. The average Bonchev–Trinajstić information content (AvgIpc) is 2.64. The fourth-order valence-electron chi connectivity index (χ4n) is 2.44. The Morgan fingerprint density at radius 1 is 1.37 bits per heavy atom. The van der Waals surface area contributed by atoms with E-state index in [2.05, 4.69) is 5.10 Å². The first-order valence-electron chi connectivity index (χ1n) is 6.10. The monoisotopic (exact) mass is 282 g/mol. The second-order valence-corrected chi connectivity index (χ2v) is 5.48. The Morgan fingerprint density at radius 3 is 2.42 bits per heavy atom. The zero-order valence-electron chi connectivity index (χ0n) is 10.9. The molecule has 0 radical (unpaired) electrons. The number of rotatable bonds is 2. The molecule has 7 heteroatoms. The van der Waals surface area contributed by atoms with Gasteiger partial charge in [0.15, 0.2) is 5.69 Å². The molecular weight excluding hydrogens is 267 g/mol. The van der Waals surface area contributed by atoms with Crippen LogP contribution in [0.5, 0.6) is 0 Å². The van der Waals surface area contributed by atoms with E-state index in [-0.39, 0.29) is 24.4 Å². The number of nitrogens with zero attached hydrogens (tertiary/aromatic N) is 2. The maximum Gasteiger partial charge on any atom is 0.435 e. The summed E-state index contributed by atoms with van der Waals surface area (Å²) in [5.41, 5.74) is -2.06. The van der Waals surface area contributed by atoms with Crippen molar-refractivity contribution in [2.45, 2.75) is 45.8 Å². The number of alkyl halides is 5. The van der Waals surface area contributed by atoms with Gasteiger partial charge in [0.1, 0.15) is 5.69 Å². The van der Waals surface area contributed by atoms with Gasteiger partial charge in [-0.2, -0.15) is 27.1 Å². The Labute approximate surface area is 107 Å². The summed E-state index contributed by atoms with van der Waals surface area (Å²) >= 11 is 0. The molecule has 0 aliphatic heterocycles. The summed E-state index contributed by atoms with van der Waals surface area (Å²) in [4.78, 5) is 0. The standard InChI is InChI=1S/C12H15F5N2/c1-6(2)5-19-10-8(4-7(3)11(10,13)14)9(18-19)12(15,16)17/h6-7H,4-5H2,1-3H3/t7-/m0/s1. The molecule has 0 bridgehead atoms. The largest absolute Gasteiger partial charge is 0.435 e. The predicted molar refractivity (Wildman–Crippen MR) is 58.8 cm³/mol. The molecule has 2 nitrogen and oxygen atoms in total. The highest BCUT2D eigenvalue weighted by Gasteiger charge is 2.54. The zero-order chi connectivity index (χ0) is 14.6. The molecule has 2 rings (SSSR count). The molecule has 0 saturated heterocycles. The Hall–Kier alpha value is -1.14. The van der Waals surface area contributed by atoms with Crippen LogP contribution in [0.1, 0.15) is 37.7 Å². The lowest BCUT2D eigenvalue weighted by molar-refractivity contribution is -0.142. The predicted octanol–water partition coefficient (Wildman–Crippen LogP) is 3.84. The molecule has 19 heavy (non-hydrogen) atoms. The first-order valence-corrected chi connectivity index (χ1v) is 6.10. The molecule has 0 unspecified atom stereocenters. The quantitative estimate of drug-likeness (QED) is 0.753. The molecule has 0 aromatic carbocycles. The molecule has 108 valence electrons. The lowest BCUT2D eigenvalue weighted by Crippen LogP contribution is -2.24. The van der Waals surface area contributed by atoms with Gasteiger partial charge in [-0.15, -0.1) is 0 Å². The normalized spacial score (nSPS) is 22.1. The maximum atomic E-state index is 14.0. The third-order valence-corrected chi connectivity index (χ3v) is 3.30. The summed E-state index contributed by atoms with van der Waals surface area (Å²) < 4.78 is 67.4. The molecule has 0 amide bonds. The Kier molecular flexibility index (Phi) is 3.14. The lowest BCUT2D eigenvalue weighted by atomic mass is 10.1. The second-order valence-electron chi connectivity index (χ2n) is 5.48. The van der Waals surface area contributed by atoms with Crippen LogP contribution in [0.4, 0.5) is 22.0 Å². The Balaban J connectivity index is 2.60. The molecule has 1 heterocycles. The topological polar surface area (TPSA) is 17.8 Å². The number of fused-ring (bicyclic) bond motifs is 1. The van der Waals surface area contributed by atoms with Crippen molar-refractivity contribution in [3.63, 3.8) is 0 Å². The van der Waals surface area contributed by atoms with Crippen molar-refractivity contribution in [3.05, 3.63) is 17.0 Å². The molecule has 0 fully saturated rings. The highest BCUT2D eigenvalue weighted by Crippen LogP contribution is 2.49. The van der Waals surface area contributed by atoms with Crippen molar-refractivity contribution >= 4 is 0 Å². The third kappa shape index (κ3) is 2.23. The summed E-state index contributed by atoms with van der Waals surface area (Å²) in [7, 11) is 0. The summed E-state index contributed by atoms with van der Waals surface area (Å²) in [5.74, 6) is -4.43. The van der Waals surface area contributed by atoms with E-state index >= 15 is 0 Å². The van der Waals surface area contributed by atoms with E-state index < -0.39 is 29.4 Å². The first-order chi connectivity index (χ1) is 8.55. The minimum Gasteiger partial charge on any atom is -0.262 e. The van der Waals surface area contributed by atoms with Crippen LogP contribution in [0, 0.1) is 11.8 Å². The fourth-order valence-corrected chi connectivity index (χ4v) is 2.44. The van der Waals surface area contributed by atoms with Gasteiger partial charge in [0.05, 0.1) is 0 Å². The van der Waals surface area contributed by atoms with E-state index in [1.54, 1.807) is 13.8 Å². The molecule has 1 atom stereocenters. The third-order valence-electron chi connectivity index (χ3n) is 3.30. The average molecular weight is 282 g/mol. The summed E-state index contributed by atoms with van der Waals surface area (Å²) in [5, 5.41) is 3.38. The van der Waals surface area contributed by atoms with Crippen molar-refractivity contribution < 1.29 is 22.0 Å². The highest BCUT2D eigenvalue weighted by atomic mass is 19.4. The minimum absolute atomic E-state index is 0.0563. The second kappa shape index (κ2) is 4.18. The zero-order valence-corrected chi connectivity index (χ0v) is 10.9. The van der Waals surface area contributed by atoms with Gasteiger partial charge in [-0.05, 0) is 12.3 Å². The van der Waals surface area contributed by atoms with Crippen molar-refractivity contribution in [3.8, 4) is 0 Å². The van der Waals surface area contributed by atoms with Crippen LogP contribution in [0.3, 0.4) is 0 Å². The van der Waals surface area contributed by atoms with Gasteiger partial charge in [0.2, 0.25) is 0 Å². The molecule has 1 aromatic rings. The van der Waals surface area contributed by atoms with Gasteiger partial charge in [-0.3, -0.25) is 4.68 Å². The van der Waals surface area contributed by atoms with Gasteiger partial charge in [-0.1, -0.05) is 20.8 Å². The van der Waals surface area contributed by atoms with E-state index in [4.69, 9.17) is 0 Å².